The number of carbonyl (C=O) groups is 1. The van der Waals surface area contributed by atoms with E-state index in [9.17, 15) is 4.79 Å². The van der Waals surface area contributed by atoms with E-state index in [1.165, 1.54) is 122 Å². The summed E-state index contributed by atoms with van der Waals surface area (Å²) in [6.45, 7) is 10.6. The molecular weight excluding hydrogens is 448 g/mol. The Balaban J connectivity index is 3.80. The second-order valence-corrected chi connectivity index (χ2v) is 11.1. The average Bonchev–Trinajstić information content (AvgIpc) is 2.87. The summed E-state index contributed by atoms with van der Waals surface area (Å²) in [7, 11) is 0. The molecule has 4 heteroatoms. The van der Waals surface area contributed by atoms with E-state index < -0.39 is 0 Å². The van der Waals surface area contributed by atoms with Gasteiger partial charge in [-0.15, -0.1) is 0 Å². The fourth-order valence-electron chi connectivity index (χ4n) is 4.41. The first-order valence-electron chi connectivity index (χ1n) is 16.0. The van der Waals surface area contributed by atoms with Crippen molar-refractivity contribution >= 4 is 5.97 Å². The third-order valence-electron chi connectivity index (χ3n) is 6.93. The highest BCUT2D eigenvalue weighted by Crippen LogP contribution is 2.13. The molecule has 0 saturated heterocycles. The minimum absolute atomic E-state index is 0.107. The maximum Gasteiger partial charge on any atom is 0.308 e. The van der Waals surface area contributed by atoms with Gasteiger partial charge in [-0.25, -0.2) is 0 Å². The third kappa shape index (κ3) is 26.5. The normalized spacial score (nSPS) is 12.4. The SMILES string of the molecule is CCCCCCCCCCCCCOCC(COC(=O)C(C)C)OCCCCCCCCCCCC. The van der Waals surface area contributed by atoms with E-state index in [0.29, 0.717) is 13.2 Å². The molecule has 0 aliphatic heterocycles. The molecule has 36 heavy (non-hydrogen) atoms. The van der Waals surface area contributed by atoms with E-state index in [4.69, 9.17) is 14.2 Å². The molecule has 0 fully saturated rings. The van der Waals surface area contributed by atoms with Gasteiger partial charge in [0.2, 0.25) is 0 Å². The zero-order valence-electron chi connectivity index (χ0n) is 25.0. The maximum atomic E-state index is 11.9. The molecule has 0 radical (unpaired) electrons. The van der Waals surface area contributed by atoms with Gasteiger partial charge in [0, 0.05) is 13.2 Å². The number of hydrogen-bond donors (Lipinski definition) is 0. The number of ether oxygens (including phenoxy) is 3. The van der Waals surface area contributed by atoms with E-state index >= 15 is 0 Å². The molecule has 0 bridgehead atoms. The number of hydrogen-bond acceptors (Lipinski definition) is 4. The molecule has 0 aromatic carbocycles. The van der Waals surface area contributed by atoms with E-state index in [1.54, 1.807) is 0 Å². The van der Waals surface area contributed by atoms with Gasteiger partial charge in [-0.1, -0.05) is 150 Å². The summed E-state index contributed by atoms with van der Waals surface area (Å²) >= 11 is 0. The van der Waals surface area contributed by atoms with Gasteiger partial charge in [-0.05, 0) is 12.8 Å². The Bertz CT molecular complexity index is 438. The molecule has 0 amide bonds. The summed E-state index contributed by atoms with van der Waals surface area (Å²) in [6.07, 6.45) is 27.7. The van der Waals surface area contributed by atoms with Crippen molar-refractivity contribution in [1.82, 2.24) is 0 Å². The number of rotatable bonds is 29. The van der Waals surface area contributed by atoms with E-state index in [2.05, 4.69) is 13.8 Å². The molecule has 0 N–H and O–H groups in total. The largest absolute Gasteiger partial charge is 0.463 e. The molecule has 0 saturated carbocycles. The van der Waals surface area contributed by atoms with Crippen LogP contribution in [0.25, 0.3) is 0 Å². The zero-order chi connectivity index (χ0) is 26.5. The fraction of sp³-hybridized carbons (Fsp3) is 0.969. The van der Waals surface area contributed by atoms with E-state index in [-0.39, 0.29) is 18.0 Å². The summed E-state index contributed by atoms with van der Waals surface area (Å²) in [5.74, 6) is -0.266. The molecule has 0 rings (SSSR count). The monoisotopic (exact) mass is 512 g/mol. The standard InChI is InChI=1S/C32H64O4/c1-5-7-9-11-13-15-17-18-20-22-24-26-34-28-31(29-36-32(33)30(3)4)35-27-25-23-21-19-16-14-12-10-8-6-2/h30-31H,5-29H2,1-4H3. The van der Waals surface area contributed by atoms with Crippen LogP contribution in [0.5, 0.6) is 0 Å². The molecule has 0 heterocycles. The molecule has 0 spiro atoms. The predicted octanol–water partition coefficient (Wildman–Crippen LogP) is 9.82. The van der Waals surface area contributed by atoms with Crippen molar-refractivity contribution in [3.63, 3.8) is 0 Å². The molecule has 1 unspecified atom stereocenters. The molecule has 0 aromatic rings. The molecule has 0 aromatic heterocycles. The van der Waals surface area contributed by atoms with Gasteiger partial charge >= 0.3 is 5.97 Å². The fourth-order valence-corrected chi connectivity index (χ4v) is 4.41. The van der Waals surface area contributed by atoms with Crippen molar-refractivity contribution in [2.75, 3.05) is 26.4 Å². The molecule has 0 aliphatic carbocycles. The van der Waals surface area contributed by atoms with Crippen LogP contribution in [0.3, 0.4) is 0 Å². The lowest BCUT2D eigenvalue weighted by Gasteiger charge is -2.19. The second kappa shape index (κ2) is 29.0. The summed E-state index contributed by atoms with van der Waals surface area (Å²) in [6, 6.07) is 0. The van der Waals surface area contributed by atoms with Crippen molar-refractivity contribution in [3.8, 4) is 0 Å². The summed E-state index contributed by atoms with van der Waals surface area (Å²) in [5.41, 5.74) is 0. The molecule has 1 atom stereocenters. The van der Waals surface area contributed by atoms with Gasteiger partial charge in [0.15, 0.2) is 0 Å². The first kappa shape index (κ1) is 35.4. The van der Waals surface area contributed by atoms with Crippen LogP contribution in [-0.2, 0) is 19.0 Å². The van der Waals surface area contributed by atoms with Gasteiger partial charge in [0.1, 0.15) is 12.7 Å². The lowest BCUT2D eigenvalue weighted by molar-refractivity contribution is -0.153. The van der Waals surface area contributed by atoms with Crippen molar-refractivity contribution in [2.45, 2.75) is 169 Å². The predicted molar refractivity (Wildman–Crippen MR) is 155 cm³/mol. The third-order valence-corrected chi connectivity index (χ3v) is 6.93. The van der Waals surface area contributed by atoms with Crippen LogP contribution in [0, 0.1) is 5.92 Å². The van der Waals surface area contributed by atoms with E-state index in [1.807, 2.05) is 13.8 Å². The summed E-state index contributed by atoms with van der Waals surface area (Å²) < 4.78 is 17.4. The average molecular weight is 513 g/mol. The number of esters is 1. The smallest absolute Gasteiger partial charge is 0.308 e. The molecule has 0 aliphatic rings. The maximum absolute atomic E-state index is 11.9. The Hall–Kier alpha value is -0.610. The van der Waals surface area contributed by atoms with Crippen LogP contribution >= 0.6 is 0 Å². The lowest BCUT2D eigenvalue weighted by Crippen LogP contribution is -2.29. The van der Waals surface area contributed by atoms with Crippen LogP contribution < -0.4 is 0 Å². The van der Waals surface area contributed by atoms with Crippen LogP contribution in [-0.4, -0.2) is 38.5 Å². The van der Waals surface area contributed by atoms with Crippen molar-refractivity contribution in [3.05, 3.63) is 0 Å². The molecule has 4 nitrogen and oxygen atoms in total. The minimum atomic E-state index is -0.159. The highest BCUT2D eigenvalue weighted by molar-refractivity contribution is 5.71. The van der Waals surface area contributed by atoms with Gasteiger partial charge in [-0.3, -0.25) is 4.79 Å². The first-order chi connectivity index (χ1) is 17.6. The van der Waals surface area contributed by atoms with Crippen molar-refractivity contribution in [1.29, 1.82) is 0 Å². The Morgan fingerprint density at radius 1 is 0.528 bits per heavy atom. The Morgan fingerprint density at radius 3 is 1.33 bits per heavy atom. The molecular formula is C32H64O4. The lowest BCUT2D eigenvalue weighted by atomic mass is 10.1. The van der Waals surface area contributed by atoms with Crippen LogP contribution in [0.15, 0.2) is 0 Å². The minimum Gasteiger partial charge on any atom is -0.463 e. The number of carbonyl (C=O) groups excluding carboxylic acids is 1. The van der Waals surface area contributed by atoms with Gasteiger partial charge < -0.3 is 14.2 Å². The van der Waals surface area contributed by atoms with Crippen molar-refractivity contribution < 1.29 is 19.0 Å². The van der Waals surface area contributed by atoms with E-state index in [0.717, 1.165) is 26.1 Å². The zero-order valence-corrected chi connectivity index (χ0v) is 25.0. The quantitative estimate of drug-likeness (QED) is 0.0739. The van der Waals surface area contributed by atoms with Gasteiger partial charge in [0.05, 0.1) is 12.5 Å². The van der Waals surface area contributed by atoms with Crippen LogP contribution in [0.4, 0.5) is 0 Å². The Kier molecular flexibility index (Phi) is 28.5. The van der Waals surface area contributed by atoms with Crippen LogP contribution in [0.1, 0.15) is 163 Å². The molecule has 216 valence electrons. The summed E-state index contributed by atoms with van der Waals surface area (Å²) in [4.78, 5) is 11.9. The van der Waals surface area contributed by atoms with Gasteiger partial charge in [-0.2, -0.15) is 0 Å². The first-order valence-corrected chi connectivity index (χ1v) is 16.0. The highest BCUT2D eigenvalue weighted by atomic mass is 16.6. The van der Waals surface area contributed by atoms with Crippen molar-refractivity contribution in [2.24, 2.45) is 5.92 Å². The Morgan fingerprint density at radius 2 is 0.917 bits per heavy atom. The highest BCUT2D eigenvalue weighted by Gasteiger charge is 2.15. The Labute approximate surface area is 226 Å². The van der Waals surface area contributed by atoms with Gasteiger partial charge in [0.25, 0.3) is 0 Å². The topological polar surface area (TPSA) is 44.8 Å². The number of unbranched alkanes of at least 4 members (excludes halogenated alkanes) is 19. The second-order valence-electron chi connectivity index (χ2n) is 11.1. The summed E-state index contributed by atoms with van der Waals surface area (Å²) in [5, 5.41) is 0. The van der Waals surface area contributed by atoms with Crippen LogP contribution in [0.2, 0.25) is 0 Å².